The minimum absolute atomic E-state index is 0.0304. The molecule has 0 bridgehead atoms. The first-order valence-corrected chi connectivity index (χ1v) is 10.8. The molecule has 1 amide bonds. The molecular formula is C26H38N2O2. The van der Waals surface area contributed by atoms with Crippen LogP contribution in [-0.2, 0) is 4.74 Å². The molecule has 0 radical (unpaired) electrons. The number of allylic oxidation sites excluding steroid dienone is 5. The van der Waals surface area contributed by atoms with Gasteiger partial charge in [0.15, 0.2) is 0 Å². The number of carbonyl (C=O) groups excluding carboxylic acids is 1. The Morgan fingerprint density at radius 2 is 2.00 bits per heavy atom. The fourth-order valence-electron chi connectivity index (χ4n) is 3.22. The van der Waals surface area contributed by atoms with Crippen LogP contribution in [0.4, 0.5) is 5.69 Å². The van der Waals surface area contributed by atoms with Crippen LogP contribution in [0.2, 0.25) is 0 Å². The third kappa shape index (κ3) is 7.66. The lowest BCUT2D eigenvalue weighted by molar-refractivity contribution is 0.0952. The smallest absolute Gasteiger partial charge is 0.251 e. The third-order valence-electron chi connectivity index (χ3n) is 5.39. The Hall–Kier alpha value is -2.62. The van der Waals surface area contributed by atoms with Crippen molar-refractivity contribution in [3.8, 4) is 0 Å². The average molecular weight is 411 g/mol. The summed E-state index contributed by atoms with van der Waals surface area (Å²) in [6.07, 6.45) is 11.0. The number of rotatable bonds is 11. The highest BCUT2D eigenvalue weighted by atomic mass is 16.5. The lowest BCUT2D eigenvalue weighted by Crippen LogP contribution is -2.25. The molecule has 0 heterocycles. The Kier molecular flexibility index (Phi) is 11.5. The maximum absolute atomic E-state index is 12.5. The van der Waals surface area contributed by atoms with Gasteiger partial charge in [0.05, 0.1) is 19.1 Å². The molecule has 4 nitrogen and oxygen atoms in total. The van der Waals surface area contributed by atoms with Gasteiger partial charge in [-0.25, -0.2) is 0 Å². The number of nitrogens with zero attached hydrogens (tertiary/aromatic N) is 1. The second-order valence-corrected chi connectivity index (χ2v) is 7.54. The molecule has 0 spiro atoms. The van der Waals surface area contributed by atoms with Crippen LogP contribution in [0.3, 0.4) is 0 Å². The van der Waals surface area contributed by atoms with Gasteiger partial charge < -0.3 is 10.1 Å². The molecule has 1 aromatic carbocycles. The molecule has 1 atom stereocenters. The van der Waals surface area contributed by atoms with Gasteiger partial charge in [-0.1, -0.05) is 37.1 Å². The van der Waals surface area contributed by atoms with Crippen LogP contribution in [0.25, 0.3) is 0 Å². The zero-order valence-electron chi connectivity index (χ0n) is 19.7. The number of methoxy groups -OCH3 is 1. The molecule has 4 heteroatoms. The van der Waals surface area contributed by atoms with Crippen molar-refractivity contribution < 1.29 is 9.53 Å². The molecule has 1 rings (SSSR count). The Morgan fingerprint density at radius 1 is 1.27 bits per heavy atom. The number of ether oxygens (including phenoxy) is 1. The molecule has 1 N–H and O–H groups in total. The van der Waals surface area contributed by atoms with E-state index in [1.807, 2.05) is 45.0 Å². The zero-order valence-corrected chi connectivity index (χ0v) is 19.7. The molecule has 0 saturated heterocycles. The summed E-state index contributed by atoms with van der Waals surface area (Å²) in [6.45, 7) is 13.1. The molecular weight excluding hydrogens is 372 g/mol. The lowest BCUT2D eigenvalue weighted by Gasteiger charge is -2.16. The molecule has 0 unspecified atom stereocenters. The van der Waals surface area contributed by atoms with Crippen molar-refractivity contribution >= 4 is 17.3 Å². The summed E-state index contributed by atoms with van der Waals surface area (Å²) in [5, 5.41) is 2.99. The maximum atomic E-state index is 12.5. The van der Waals surface area contributed by atoms with Gasteiger partial charge >= 0.3 is 0 Å². The van der Waals surface area contributed by atoms with E-state index in [-0.39, 0.29) is 5.91 Å². The summed E-state index contributed by atoms with van der Waals surface area (Å²) in [5.41, 5.74) is 5.84. The first-order valence-electron chi connectivity index (χ1n) is 10.8. The number of benzene rings is 1. The molecule has 0 aliphatic heterocycles. The van der Waals surface area contributed by atoms with Gasteiger partial charge in [-0.2, -0.15) is 0 Å². The number of unbranched alkanes of at least 4 members (excludes halogenated alkanes) is 1. The number of hydrogen-bond donors (Lipinski definition) is 1. The zero-order chi connectivity index (χ0) is 22.5. The third-order valence-corrected chi connectivity index (χ3v) is 5.39. The van der Waals surface area contributed by atoms with Crippen LogP contribution < -0.4 is 5.32 Å². The Balaban J connectivity index is 3.16. The molecule has 0 aromatic heterocycles. The predicted molar refractivity (Wildman–Crippen MR) is 129 cm³/mol. The minimum Gasteiger partial charge on any atom is -0.505 e. The van der Waals surface area contributed by atoms with Gasteiger partial charge in [0.1, 0.15) is 0 Å². The lowest BCUT2D eigenvalue weighted by atomic mass is 9.91. The average Bonchev–Trinajstić information content (AvgIpc) is 2.73. The van der Waals surface area contributed by atoms with Crippen molar-refractivity contribution in [1.29, 1.82) is 0 Å². The fourth-order valence-corrected chi connectivity index (χ4v) is 3.22. The minimum atomic E-state index is -0.0304. The summed E-state index contributed by atoms with van der Waals surface area (Å²) in [4.78, 5) is 17.4. The van der Waals surface area contributed by atoms with Crippen LogP contribution in [0, 0.1) is 12.8 Å². The van der Waals surface area contributed by atoms with Gasteiger partial charge in [-0.15, -0.1) is 0 Å². The predicted octanol–water partition coefficient (Wildman–Crippen LogP) is 6.70. The first-order chi connectivity index (χ1) is 14.4. The van der Waals surface area contributed by atoms with Gasteiger partial charge in [-0.05, 0) is 76.8 Å². The van der Waals surface area contributed by atoms with E-state index in [4.69, 9.17) is 9.73 Å². The van der Waals surface area contributed by atoms with Gasteiger partial charge in [0.25, 0.3) is 5.91 Å². The number of aliphatic imine (C=N–C) groups is 1. The standard InChI is InChI=1S/C26H38N2O2/c1-8-10-17-27-26(29)24-15-11-16-25(21(24)5)28-22(6)19(3)20(4)23(13-9-2)14-12-18-30-7/h9,11-13,15-16,18,23H,8,10,14,17H2,1-7H3,(H,27,29)/b13-9-,18-12+,20-19+,28-22?/t23-/m0/s1. The molecule has 30 heavy (non-hydrogen) atoms. The fraction of sp³-hybridized carbons (Fsp3) is 0.462. The van der Waals surface area contributed by atoms with E-state index < -0.39 is 0 Å². The molecule has 0 saturated carbocycles. The van der Waals surface area contributed by atoms with Crippen molar-refractivity contribution in [3.05, 3.63) is 65.0 Å². The van der Waals surface area contributed by atoms with Crippen LogP contribution in [0.15, 0.2) is 58.8 Å². The maximum Gasteiger partial charge on any atom is 0.251 e. The van der Waals surface area contributed by atoms with E-state index in [1.54, 1.807) is 13.4 Å². The van der Waals surface area contributed by atoms with Crippen molar-refractivity contribution in [1.82, 2.24) is 5.32 Å². The Morgan fingerprint density at radius 3 is 2.63 bits per heavy atom. The summed E-state index contributed by atoms with van der Waals surface area (Å²) in [7, 11) is 1.66. The topological polar surface area (TPSA) is 50.7 Å². The number of amides is 1. The van der Waals surface area contributed by atoms with E-state index in [9.17, 15) is 4.79 Å². The second kappa shape index (κ2) is 13.6. The molecule has 0 aliphatic rings. The summed E-state index contributed by atoms with van der Waals surface area (Å²) >= 11 is 0. The molecule has 0 aliphatic carbocycles. The SMILES string of the molecule is C/C=C\[C@@H](C/C=C/OC)/C(C)=C(\C)C(C)=Nc1cccc(C(=O)NCCCC)c1C. The highest BCUT2D eigenvalue weighted by Crippen LogP contribution is 2.26. The summed E-state index contributed by atoms with van der Waals surface area (Å²) < 4.78 is 5.03. The number of hydrogen-bond acceptors (Lipinski definition) is 3. The van der Waals surface area contributed by atoms with Crippen LogP contribution in [-0.4, -0.2) is 25.3 Å². The van der Waals surface area contributed by atoms with Crippen LogP contribution >= 0.6 is 0 Å². The molecule has 1 aromatic rings. The van der Waals surface area contributed by atoms with Crippen molar-refractivity contribution in [3.63, 3.8) is 0 Å². The molecule has 164 valence electrons. The van der Waals surface area contributed by atoms with Crippen LogP contribution in [0.5, 0.6) is 0 Å². The van der Waals surface area contributed by atoms with Crippen molar-refractivity contribution in [2.24, 2.45) is 10.9 Å². The van der Waals surface area contributed by atoms with Crippen LogP contribution in [0.1, 0.15) is 69.8 Å². The summed E-state index contributed by atoms with van der Waals surface area (Å²) in [6, 6.07) is 5.73. The normalized spacial score (nSPS) is 14.2. The molecule has 0 fully saturated rings. The first kappa shape index (κ1) is 25.4. The van der Waals surface area contributed by atoms with Crippen molar-refractivity contribution in [2.45, 2.75) is 60.8 Å². The number of carbonyl (C=O) groups is 1. The van der Waals surface area contributed by atoms with E-state index in [0.717, 1.165) is 36.2 Å². The Labute approximate surface area is 182 Å². The van der Waals surface area contributed by atoms with E-state index >= 15 is 0 Å². The van der Waals surface area contributed by atoms with Crippen molar-refractivity contribution in [2.75, 3.05) is 13.7 Å². The van der Waals surface area contributed by atoms with Gasteiger partial charge in [0, 0.05) is 23.7 Å². The van der Waals surface area contributed by atoms with Gasteiger partial charge in [0.2, 0.25) is 0 Å². The number of nitrogens with one attached hydrogen (secondary N) is 1. The quantitative estimate of drug-likeness (QED) is 0.191. The monoisotopic (exact) mass is 410 g/mol. The highest BCUT2D eigenvalue weighted by Gasteiger charge is 2.13. The van der Waals surface area contributed by atoms with E-state index in [1.165, 1.54) is 11.1 Å². The van der Waals surface area contributed by atoms with Gasteiger partial charge in [-0.3, -0.25) is 9.79 Å². The Bertz CT molecular complexity index is 816. The largest absolute Gasteiger partial charge is 0.505 e. The van der Waals surface area contributed by atoms with E-state index in [2.05, 4.69) is 38.2 Å². The summed E-state index contributed by atoms with van der Waals surface area (Å²) in [5.74, 6) is 0.264. The highest BCUT2D eigenvalue weighted by molar-refractivity contribution is 6.01. The second-order valence-electron chi connectivity index (χ2n) is 7.54. The van der Waals surface area contributed by atoms with E-state index in [0.29, 0.717) is 18.0 Å².